The predicted octanol–water partition coefficient (Wildman–Crippen LogP) is 3.41. The predicted molar refractivity (Wildman–Crippen MR) is 112 cm³/mol. The highest BCUT2D eigenvalue weighted by atomic mass is 32.1. The van der Waals surface area contributed by atoms with Crippen LogP contribution in [0.25, 0.3) is 5.76 Å². The van der Waals surface area contributed by atoms with Crippen LogP contribution in [-0.4, -0.2) is 59.9 Å². The minimum atomic E-state index is -0.747. The molecule has 158 valence electrons. The molecule has 1 N–H and O–H groups in total. The van der Waals surface area contributed by atoms with Crippen molar-refractivity contribution in [2.45, 2.75) is 18.9 Å². The lowest BCUT2D eigenvalue weighted by Crippen LogP contribution is -2.36. The second-order valence-corrected chi connectivity index (χ2v) is 8.39. The minimum Gasteiger partial charge on any atom is -0.507 e. The van der Waals surface area contributed by atoms with Crippen LogP contribution >= 0.6 is 11.3 Å². The Balaban J connectivity index is 1.73. The molecule has 1 atom stereocenters. The van der Waals surface area contributed by atoms with E-state index in [1.165, 1.54) is 35.5 Å². The smallest absolute Gasteiger partial charge is 0.295 e. The van der Waals surface area contributed by atoms with Crippen molar-refractivity contribution in [2.24, 2.45) is 0 Å². The number of Topliss-reactive ketones (excluding diaryl/α,β-unsaturated/α-hetero) is 1. The number of ether oxygens (including phenoxy) is 1. The number of methoxy groups -OCH3 is 1. The van der Waals surface area contributed by atoms with Crippen LogP contribution in [0.1, 0.15) is 29.3 Å². The molecule has 2 aromatic rings. The van der Waals surface area contributed by atoms with E-state index in [2.05, 4.69) is 4.90 Å². The molecule has 0 radical (unpaired) electrons. The van der Waals surface area contributed by atoms with Gasteiger partial charge in [0.05, 0.1) is 18.7 Å². The SMILES string of the molecule is COc1ccc(/C(O)=C2\C(=O)C(=O)N(CCN3CCCC3)C2c2cccs2)cc1F. The van der Waals surface area contributed by atoms with Gasteiger partial charge in [-0.1, -0.05) is 6.07 Å². The molecule has 0 bridgehead atoms. The summed E-state index contributed by atoms with van der Waals surface area (Å²) >= 11 is 1.41. The summed E-state index contributed by atoms with van der Waals surface area (Å²) in [5.74, 6) is -2.38. The molecule has 4 rings (SSSR count). The summed E-state index contributed by atoms with van der Waals surface area (Å²) in [7, 11) is 1.35. The number of likely N-dealkylation sites (tertiary alicyclic amines) is 2. The number of thiophene rings is 1. The summed E-state index contributed by atoms with van der Waals surface area (Å²) in [6.45, 7) is 3.03. The van der Waals surface area contributed by atoms with Crippen LogP contribution in [0, 0.1) is 5.82 Å². The fourth-order valence-corrected chi connectivity index (χ4v) is 4.92. The summed E-state index contributed by atoms with van der Waals surface area (Å²) in [4.78, 5) is 30.3. The highest BCUT2D eigenvalue weighted by Gasteiger charge is 2.46. The topological polar surface area (TPSA) is 70.1 Å². The van der Waals surface area contributed by atoms with Crippen LogP contribution in [-0.2, 0) is 9.59 Å². The zero-order valence-electron chi connectivity index (χ0n) is 16.6. The van der Waals surface area contributed by atoms with E-state index in [1.54, 1.807) is 0 Å². The van der Waals surface area contributed by atoms with Crippen molar-refractivity contribution in [1.82, 2.24) is 9.80 Å². The van der Waals surface area contributed by atoms with Crippen LogP contribution in [0.15, 0.2) is 41.3 Å². The number of carbonyl (C=O) groups is 2. The fraction of sp³-hybridized carbons (Fsp3) is 0.364. The van der Waals surface area contributed by atoms with Crippen molar-refractivity contribution in [3.05, 3.63) is 57.5 Å². The number of rotatable bonds is 6. The standard InChI is InChI=1S/C22H23FN2O4S/c1-29-16-7-6-14(13-15(16)23)20(26)18-19(17-5-4-12-30-17)25(22(28)21(18)27)11-10-24-8-2-3-9-24/h4-7,12-13,19,26H,2-3,8-11H2,1H3/b20-18+. The third-order valence-electron chi connectivity index (χ3n) is 5.63. The largest absolute Gasteiger partial charge is 0.507 e. The number of aliphatic hydroxyl groups excluding tert-OH is 1. The fourth-order valence-electron chi connectivity index (χ4n) is 4.08. The van der Waals surface area contributed by atoms with Crippen molar-refractivity contribution in [3.8, 4) is 5.75 Å². The first-order valence-corrected chi connectivity index (χ1v) is 10.8. The number of nitrogens with zero attached hydrogens (tertiary/aromatic N) is 2. The van der Waals surface area contributed by atoms with Gasteiger partial charge in [-0.3, -0.25) is 9.59 Å². The monoisotopic (exact) mass is 430 g/mol. The van der Waals surface area contributed by atoms with Crippen molar-refractivity contribution >= 4 is 28.8 Å². The Hall–Kier alpha value is -2.71. The van der Waals surface area contributed by atoms with Gasteiger partial charge in [0.1, 0.15) is 5.76 Å². The van der Waals surface area contributed by atoms with Gasteiger partial charge in [-0.25, -0.2) is 4.39 Å². The van der Waals surface area contributed by atoms with E-state index in [1.807, 2.05) is 17.5 Å². The lowest BCUT2D eigenvalue weighted by atomic mass is 9.99. The summed E-state index contributed by atoms with van der Waals surface area (Å²) in [6, 6.07) is 6.96. The molecule has 2 saturated heterocycles. The van der Waals surface area contributed by atoms with Gasteiger partial charge < -0.3 is 19.6 Å². The molecular formula is C22H23FN2O4S. The van der Waals surface area contributed by atoms with E-state index in [0.29, 0.717) is 13.1 Å². The third kappa shape index (κ3) is 3.73. The molecule has 0 spiro atoms. The molecule has 0 saturated carbocycles. The van der Waals surface area contributed by atoms with Crippen LogP contribution in [0.4, 0.5) is 4.39 Å². The lowest BCUT2D eigenvalue weighted by molar-refractivity contribution is -0.140. The second kappa shape index (κ2) is 8.57. The first-order chi connectivity index (χ1) is 14.5. The number of ketones is 1. The Labute approximate surface area is 178 Å². The zero-order chi connectivity index (χ0) is 21.3. The molecule has 3 heterocycles. The van der Waals surface area contributed by atoms with Crippen molar-refractivity contribution in [3.63, 3.8) is 0 Å². The number of halogens is 1. The van der Waals surface area contributed by atoms with Crippen LogP contribution in [0.2, 0.25) is 0 Å². The Morgan fingerprint density at radius 1 is 1.23 bits per heavy atom. The number of carbonyl (C=O) groups excluding carboxylic acids is 2. The van der Waals surface area contributed by atoms with Crippen LogP contribution in [0.5, 0.6) is 5.75 Å². The Kier molecular flexibility index (Phi) is 5.87. The molecule has 2 aliphatic heterocycles. The molecule has 1 unspecified atom stereocenters. The minimum absolute atomic E-state index is 0.00608. The van der Waals surface area contributed by atoms with Crippen molar-refractivity contribution in [2.75, 3.05) is 33.3 Å². The van der Waals surface area contributed by atoms with E-state index in [9.17, 15) is 19.1 Å². The maximum atomic E-state index is 14.2. The van der Waals surface area contributed by atoms with E-state index in [0.717, 1.165) is 36.9 Å². The highest BCUT2D eigenvalue weighted by molar-refractivity contribution is 7.10. The number of benzene rings is 1. The quantitative estimate of drug-likeness (QED) is 0.432. The normalized spacial score (nSPS) is 21.5. The maximum absolute atomic E-state index is 14.2. The molecule has 30 heavy (non-hydrogen) atoms. The number of hydrogen-bond acceptors (Lipinski definition) is 6. The highest BCUT2D eigenvalue weighted by Crippen LogP contribution is 2.41. The summed E-state index contributed by atoms with van der Waals surface area (Å²) in [6.07, 6.45) is 2.27. The molecule has 2 aliphatic rings. The summed E-state index contributed by atoms with van der Waals surface area (Å²) in [5.41, 5.74) is 0.126. The van der Waals surface area contributed by atoms with E-state index in [-0.39, 0.29) is 22.6 Å². The maximum Gasteiger partial charge on any atom is 0.295 e. The number of aliphatic hydroxyl groups is 1. The average Bonchev–Trinajstić information content (AvgIpc) is 3.49. The first-order valence-electron chi connectivity index (χ1n) is 9.89. The number of amides is 1. The molecule has 2 fully saturated rings. The Morgan fingerprint density at radius 3 is 2.63 bits per heavy atom. The Bertz CT molecular complexity index is 983. The molecule has 0 aliphatic carbocycles. The second-order valence-electron chi connectivity index (χ2n) is 7.41. The van der Waals surface area contributed by atoms with Gasteiger partial charge in [0.25, 0.3) is 11.7 Å². The van der Waals surface area contributed by atoms with Crippen LogP contribution < -0.4 is 4.74 Å². The summed E-state index contributed by atoms with van der Waals surface area (Å²) < 4.78 is 19.1. The van der Waals surface area contributed by atoms with Gasteiger partial charge in [0.2, 0.25) is 0 Å². The van der Waals surface area contributed by atoms with Crippen molar-refractivity contribution < 1.29 is 23.8 Å². The number of hydrogen-bond donors (Lipinski definition) is 1. The van der Waals surface area contributed by atoms with Gasteiger partial charge in [-0.15, -0.1) is 11.3 Å². The van der Waals surface area contributed by atoms with Gasteiger partial charge in [-0.05, 0) is 55.6 Å². The molecular weight excluding hydrogens is 407 g/mol. The van der Waals surface area contributed by atoms with E-state index >= 15 is 0 Å². The van der Waals surface area contributed by atoms with Crippen LogP contribution in [0.3, 0.4) is 0 Å². The van der Waals surface area contributed by atoms with E-state index < -0.39 is 23.5 Å². The lowest BCUT2D eigenvalue weighted by Gasteiger charge is -2.26. The molecule has 1 aromatic heterocycles. The van der Waals surface area contributed by atoms with Gasteiger partial charge in [-0.2, -0.15) is 0 Å². The average molecular weight is 431 g/mol. The Morgan fingerprint density at radius 2 is 2.00 bits per heavy atom. The zero-order valence-corrected chi connectivity index (χ0v) is 17.5. The van der Waals surface area contributed by atoms with Gasteiger partial charge in [0.15, 0.2) is 11.6 Å². The summed E-state index contributed by atoms with van der Waals surface area (Å²) in [5, 5.41) is 12.8. The molecule has 1 amide bonds. The van der Waals surface area contributed by atoms with Gasteiger partial charge in [0, 0.05) is 23.5 Å². The molecule has 1 aromatic carbocycles. The van der Waals surface area contributed by atoms with E-state index in [4.69, 9.17) is 4.74 Å². The molecule has 8 heteroatoms. The van der Waals surface area contributed by atoms with Gasteiger partial charge >= 0.3 is 0 Å². The first kappa shape index (κ1) is 20.6. The third-order valence-corrected chi connectivity index (χ3v) is 6.56. The molecule has 6 nitrogen and oxygen atoms in total. The van der Waals surface area contributed by atoms with Crippen molar-refractivity contribution in [1.29, 1.82) is 0 Å².